The lowest BCUT2D eigenvalue weighted by molar-refractivity contribution is -0.153. The topological polar surface area (TPSA) is 64.6 Å². The number of benzene rings is 2. The lowest BCUT2D eigenvalue weighted by Crippen LogP contribution is -2.32. The molecule has 0 saturated carbocycles. The number of carbonyl (C=O) groups excluding carboxylic acids is 2. The summed E-state index contributed by atoms with van der Waals surface area (Å²) >= 11 is 0. The molecule has 0 aliphatic rings. The molecule has 5 nitrogen and oxygen atoms in total. The van der Waals surface area contributed by atoms with E-state index in [1.807, 2.05) is 36.4 Å². The van der Waals surface area contributed by atoms with E-state index in [-0.39, 0.29) is 18.0 Å². The van der Waals surface area contributed by atoms with Crippen LogP contribution >= 0.6 is 0 Å². The van der Waals surface area contributed by atoms with E-state index in [2.05, 4.69) is 26.1 Å². The molecule has 1 unspecified atom stereocenters. The summed E-state index contributed by atoms with van der Waals surface area (Å²) in [7, 11) is 0. The second-order valence-electron chi connectivity index (χ2n) is 8.01. The van der Waals surface area contributed by atoms with Gasteiger partial charge in [-0.15, -0.1) is 0 Å². The minimum atomic E-state index is -0.674. The van der Waals surface area contributed by atoms with Gasteiger partial charge in [0.1, 0.15) is 6.10 Å². The summed E-state index contributed by atoms with van der Waals surface area (Å²) in [5.74, 6) is -0.327. The highest BCUT2D eigenvalue weighted by Gasteiger charge is 2.28. The van der Waals surface area contributed by atoms with E-state index in [0.29, 0.717) is 23.8 Å². The number of hydrogen-bond donors (Lipinski definition) is 1. The first-order valence-corrected chi connectivity index (χ1v) is 11.8. The van der Waals surface area contributed by atoms with Crippen LogP contribution in [0.25, 0.3) is 0 Å². The van der Waals surface area contributed by atoms with Crippen LogP contribution in [0.3, 0.4) is 0 Å². The molecular weight excluding hydrogens is 402 g/mol. The number of nitrogens with one attached hydrogen (secondary N) is 1. The van der Waals surface area contributed by atoms with Gasteiger partial charge in [-0.2, -0.15) is 0 Å². The van der Waals surface area contributed by atoms with Gasteiger partial charge in [-0.1, -0.05) is 70.0 Å². The number of ether oxygens (including phenoxy) is 2. The summed E-state index contributed by atoms with van der Waals surface area (Å²) in [6.45, 7) is 8.49. The average Bonchev–Trinajstić information content (AvgIpc) is 2.81. The Kier molecular flexibility index (Phi) is 10.8. The molecule has 2 atom stereocenters. The summed E-state index contributed by atoms with van der Waals surface area (Å²) in [5.41, 5.74) is 1.92. The number of carbonyl (C=O) groups is 2. The Bertz CT molecular complexity index is 831. The maximum absolute atomic E-state index is 13.4. The van der Waals surface area contributed by atoms with E-state index < -0.39 is 6.04 Å². The van der Waals surface area contributed by atoms with Crippen LogP contribution in [0.1, 0.15) is 81.8 Å². The highest BCUT2D eigenvalue weighted by molar-refractivity contribution is 5.91. The predicted molar refractivity (Wildman–Crippen MR) is 129 cm³/mol. The van der Waals surface area contributed by atoms with Crippen LogP contribution in [-0.2, 0) is 14.3 Å². The summed E-state index contributed by atoms with van der Waals surface area (Å²) < 4.78 is 11.2. The van der Waals surface area contributed by atoms with Gasteiger partial charge >= 0.3 is 11.9 Å². The molecule has 2 aromatic carbocycles. The van der Waals surface area contributed by atoms with Gasteiger partial charge in [0.05, 0.1) is 12.2 Å². The van der Waals surface area contributed by atoms with Gasteiger partial charge in [0.15, 0.2) is 6.04 Å². The van der Waals surface area contributed by atoms with Gasteiger partial charge in [0, 0.05) is 5.69 Å². The van der Waals surface area contributed by atoms with Crippen molar-refractivity contribution in [2.45, 2.75) is 71.9 Å². The van der Waals surface area contributed by atoms with E-state index in [9.17, 15) is 9.59 Å². The van der Waals surface area contributed by atoms with Gasteiger partial charge in [0.25, 0.3) is 0 Å². The van der Waals surface area contributed by atoms with Crippen molar-refractivity contribution in [1.82, 2.24) is 0 Å². The van der Waals surface area contributed by atoms with Gasteiger partial charge < -0.3 is 14.8 Å². The molecule has 0 aliphatic carbocycles. The lowest BCUT2D eigenvalue weighted by Gasteiger charge is -2.28. The van der Waals surface area contributed by atoms with Crippen molar-refractivity contribution in [2.24, 2.45) is 5.92 Å². The third-order valence-corrected chi connectivity index (χ3v) is 5.57. The van der Waals surface area contributed by atoms with E-state index in [1.165, 1.54) is 0 Å². The smallest absolute Gasteiger partial charge is 0.338 e. The van der Waals surface area contributed by atoms with Crippen molar-refractivity contribution in [1.29, 1.82) is 0 Å². The molecule has 0 spiro atoms. The summed E-state index contributed by atoms with van der Waals surface area (Å²) in [6, 6.07) is 15.9. The number of rotatable bonds is 13. The zero-order valence-corrected chi connectivity index (χ0v) is 19.8. The second kappa shape index (κ2) is 13.6. The zero-order chi connectivity index (χ0) is 23.3. The highest BCUT2D eigenvalue weighted by atomic mass is 16.5. The third-order valence-electron chi connectivity index (χ3n) is 5.57. The molecule has 32 heavy (non-hydrogen) atoms. The molecule has 2 rings (SSSR count). The van der Waals surface area contributed by atoms with Crippen LogP contribution in [0.4, 0.5) is 5.69 Å². The molecule has 0 radical (unpaired) electrons. The molecule has 2 aromatic rings. The molecule has 0 fully saturated rings. The summed E-state index contributed by atoms with van der Waals surface area (Å²) in [5, 5.41) is 3.28. The van der Waals surface area contributed by atoms with E-state index in [0.717, 1.165) is 37.7 Å². The molecule has 174 valence electrons. The number of anilines is 1. The van der Waals surface area contributed by atoms with Crippen molar-refractivity contribution in [3.8, 4) is 0 Å². The Morgan fingerprint density at radius 1 is 0.906 bits per heavy atom. The Morgan fingerprint density at radius 3 is 2.19 bits per heavy atom. The SMILES string of the molecule is CCCC(CCC)[C@H](CC)OC(=O)C(Nc1cccc(C(=O)OCC)c1)c1ccccc1. The first-order chi connectivity index (χ1) is 15.5. The van der Waals surface area contributed by atoms with E-state index in [4.69, 9.17) is 9.47 Å². The fourth-order valence-corrected chi connectivity index (χ4v) is 4.03. The minimum absolute atomic E-state index is 0.110. The Labute approximate surface area is 192 Å². The Hall–Kier alpha value is -2.82. The maximum Gasteiger partial charge on any atom is 0.338 e. The molecule has 0 heterocycles. The highest BCUT2D eigenvalue weighted by Crippen LogP contribution is 2.27. The van der Waals surface area contributed by atoms with Crippen LogP contribution in [0.5, 0.6) is 0 Å². The number of hydrogen-bond acceptors (Lipinski definition) is 5. The molecule has 0 aliphatic heterocycles. The molecule has 5 heteroatoms. The van der Waals surface area contributed by atoms with E-state index >= 15 is 0 Å². The standard InChI is InChI=1S/C27H37NO4/c1-5-13-20(14-6-2)24(7-3)32-27(30)25(21-15-10-9-11-16-21)28-23-18-12-17-22(19-23)26(29)31-8-4/h9-12,15-20,24-25,28H,5-8,13-14H2,1-4H3/t24-,25?/m0/s1. The largest absolute Gasteiger partial charge is 0.462 e. The van der Waals surface area contributed by atoms with Crippen molar-refractivity contribution < 1.29 is 19.1 Å². The van der Waals surface area contributed by atoms with Crippen molar-refractivity contribution in [2.75, 3.05) is 11.9 Å². The van der Waals surface area contributed by atoms with E-state index in [1.54, 1.807) is 25.1 Å². The van der Waals surface area contributed by atoms with Gasteiger partial charge in [0.2, 0.25) is 0 Å². The van der Waals surface area contributed by atoms with Crippen molar-refractivity contribution >= 4 is 17.6 Å². The second-order valence-corrected chi connectivity index (χ2v) is 8.01. The number of esters is 2. The van der Waals surface area contributed by atoms with Crippen LogP contribution in [0.2, 0.25) is 0 Å². The van der Waals surface area contributed by atoms with Crippen molar-refractivity contribution in [3.63, 3.8) is 0 Å². The monoisotopic (exact) mass is 439 g/mol. The normalized spacial score (nSPS) is 12.8. The van der Waals surface area contributed by atoms with Gasteiger partial charge in [-0.3, -0.25) is 0 Å². The molecule has 1 N–H and O–H groups in total. The minimum Gasteiger partial charge on any atom is -0.462 e. The molecule has 0 aromatic heterocycles. The summed E-state index contributed by atoms with van der Waals surface area (Å²) in [4.78, 5) is 25.5. The third kappa shape index (κ3) is 7.40. The predicted octanol–water partition coefficient (Wildman–Crippen LogP) is 6.55. The summed E-state index contributed by atoms with van der Waals surface area (Å²) in [6.07, 6.45) is 4.91. The fraction of sp³-hybridized carbons (Fsp3) is 0.481. The first-order valence-electron chi connectivity index (χ1n) is 11.8. The van der Waals surface area contributed by atoms with Crippen LogP contribution < -0.4 is 5.32 Å². The van der Waals surface area contributed by atoms with Crippen LogP contribution in [0.15, 0.2) is 54.6 Å². The van der Waals surface area contributed by atoms with Crippen LogP contribution in [-0.4, -0.2) is 24.6 Å². The van der Waals surface area contributed by atoms with Gasteiger partial charge in [-0.05, 0) is 55.9 Å². The lowest BCUT2D eigenvalue weighted by atomic mass is 9.91. The molecule has 0 amide bonds. The first kappa shape index (κ1) is 25.4. The fourth-order valence-electron chi connectivity index (χ4n) is 4.03. The Morgan fingerprint density at radius 2 is 1.59 bits per heavy atom. The zero-order valence-electron chi connectivity index (χ0n) is 19.8. The van der Waals surface area contributed by atoms with Crippen molar-refractivity contribution in [3.05, 3.63) is 65.7 Å². The Balaban J connectivity index is 2.27. The quantitative estimate of drug-likeness (QED) is 0.358. The molecule has 0 saturated heterocycles. The molecular formula is C27H37NO4. The van der Waals surface area contributed by atoms with Crippen LogP contribution in [0, 0.1) is 5.92 Å². The average molecular weight is 440 g/mol. The maximum atomic E-state index is 13.4. The van der Waals surface area contributed by atoms with Gasteiger partial charge in [-0.25, -0.2) is 9.59 Å². The molecule has 0 bridgehead atoms.